The Morgan fingerprint density at radius 3 is 2.56 bits per heavy atom. The number of hydrogen-bond donors (Lipinski definition) is 2. The lowest BCUT2D eigenvalue weighted by atomic mass is 9.45. The number of aliphatic hydroxyl groups excluding tert-OH is 1. The van der Waals surface area contributed by atoms with Gasteiger partial charge >= 0.3 is 5.97 Å². The van der Waals surface area contributed by atoms with E-state index in [1.54, 1.807) is 36.4 Å². The number of hydrogen-bond acceptors (Lipinski definition) is 6. The average molecular weight is 467 g/mol. The highest BCUT2D eigenvalue weighted by atomic mass is 16.5. The molecule has 7 atom stereocenters. The Balaban J connectivity index is 1.37. The van der Waals surface area contributed by atoms with Gasteiger partial charge in [0.05, 0.1) is 11.7 Å². The van der Waals surface area contributed by atoms with Gasteiger partial charge in [-0.05, 0) is 79.9 Å². The van der Waals surface area contributed by atoms with Crippen LogP contribution in [0.3, 0.4) is 0 Å². The van der Waals surface area contributed by atoms with Gasteiger partial charge in [-0.3, -0.25) is 9.59 Å². The molecule has 3 fully saturated rings. The van der Waals surface area contributed by atoms with Crippen LogP contribution in [0.4, 0.5) is 0 Å². The van der Waals surface area contributed by atoms with E-state index in [0.29, 0.717) is 31.2 Å². The molecule has 3 saturated carbocycles. The maximum Gasteiger partial charge on any atom is 0.338 e. The Kier molecular flexibility index (Phi) is 5.60. The number of rotatable bonds is 4. The van der Waals surface area contributed by atoms with Crippen molar-refractivity contribution in [1.29, 1.82) is 0 Å². The van der Waals surface area contributed by atoms with Gasteiger partial charge in [-0.2, -0.15) is 0 Å². The number of ether oxygens (including phenoxy) is 1. The van der Waals surface area contributed by atoms with E-state index in [0.717, 1.165) is 24.8 Å². The summed E-state index contributed by atoms with van der Waals surface area (Å²) in [6, 6.07) is 8.49. The van der Waals surface area contributed by atoms with E-state index in [9.17, 15) is 24.6 Å². The normalized spacial score (nSPS) is 41.1. The van der Waals surface area contributed by atoms with Gasteiger partial charge < -0.3 is 14.9 Å². The zero-order valence-electron chi connectivity index (χ0n) is 20.0. The van der Waals surface area contributed by atoms with Crippen LogP contribution in [0.1, 0.15) is 69.2 Å². The summed E-state index contributed by atoms with van der Waals surface area (Å²) in [6.45, 7) is 3.63. The maximum absolute atomic E-state index is 13.3. The Bertz CT molecular complexity index is 1050. The highest BCUT2D eigenvalue weighted by Crippen LogP contribution is 2.67. The number of aliphatic hydroxyl groups is 2. The molecule has 182 valence electrons. The van der Waals surface area contributed by atoms with Crippen molar-refractivity contribution >= 4 is 17.5 Å². The van der Waals surface area contributed by atoms with Crippen LogP contribution in [0, 0.1) is 28.6 Å². The minimum absolute atomic E-state index is 0.0204. The van der Waals surface area contributed by atoms with E-state index in [1.807, 2.05) is 6.92 Å². The molecule has 0 heterocycles. The first-order valence-corrected chi connectivity index (χ1v) is 12.5. The van der Waals surface area contributed by atoms with Crippen LogP contribution >= 0.6 is 0 Å². The molecule has 4 aliphatic rings. The molecule has 4 aliphatic carbocycles. The van der Waals surface area contributed by atoms with E-state index < -0.39 is 35.5 Å². The van der Waals surface area contributed by atoms with Gasteiger partial charge in [0.15, 0.2) is 12.4 Å². The number of fused-ring (bicyclic) bond motifs is 5. The second kappa shape index (κ2) is 8.13. The first-order valence-electron chi connectivity index (χ1n) is 12.5. The third-order valence-corrected chi connectivity index (χ3v) is 9.85. The number of benzene rings is 1. The second-order valence-electron chi connectivity index (χ2n) is 11.3. The summed E-state index contributed by atoms with van der Waals surface area (Å²) in [5.74, 6) is -0.613. The van der Waals surface area contributed by atoms with Crippen LogP contribution in [0.25, 0.3) is 0 Å². The van der Waals surface area contributed by atoms with Crippen molar-refractivity contribution in [2.24, 2.45) is 28.6 Å². The van der Waals surface area contributed by atoms with Crippen molar-refractivity contribution in [2.45, 2.75) is 70.5 Å². The van der Waals surface area contributed by atoms with E-state index >= 15 is 0 Å². The molecule has 0 aromatic heterocycles. The molecule has 1 aromatic rings. The molecule has 0 unspecified atom stereocenters. The summed E-state index contributed by atoms with van der Waals surface area (Å²) in [5, 5.41) is 23.2. The van der Waals surface area contributed by atoms with Crippen LogP contribution in [-0.2, 0) is 14.3 Å². The van der Waals surface area contributed by atoms with Gasteiger partial charge in [-0.1, -0.05) is 37.6 Å². The van der Waals surface area contributed by atoms with Crippen LogP contribution < -0.4 is 0 Å². The average Bonchev–Trinajstić information content (AvgIpc) is 3.09. The fraction of sp³-hybridized carbons (Fsp3) is 0.607. The SMILES string of the molecule is C[C@@]12CCC(=O)C=C1CC[C@H]1[C@H]2[C@H](O)C[C@]2(C)[C@@H]1CC[C@@]2(O)C(=O)COC(=O)c1ccccc1. The topological polar surface area (TPSA) is 101 Å². The minimum atomic E-state index is -1.64. The zero-order chi connectivity index (χ0) is 24.3. The van der Waals surface area contributed by atoms with E-state index in [-0.39, 0.29) is 29.0 Å². The Hall–Kier alpha value is -2.31. The standard InChI is InChI=1S/C28H34O6/c1-26-12-10-19(29)14-18(26)8-9-20-21-11-13-28(33,27(21,2)15-22(30)24(20)26)23(31)16-34-25(32)17-6-4-3-5-7-17/h3-7,14,20-22,24,30,33H,8-13,15-16H2,1-2H3/t20-,21-,22-,24+,26-,27-,28-/m1/s1. The summed E-state index contributed by atoms with van der Waals surface area (Å²) >= 11 is 0. The maximum atomic E-state index is 13.3. The number of carbonyl (C=O) groups is 3. The first-order chi connectivity index (χ1) is 16.1. The lowest BCUT2D eigenvalue weighted by Crippen LogP contribution is -2.62. The summed E-state index contributed by atoms with van der Waals surface area (Å²) in [4.78, 5) is 37.7. The Morgan fingerprint density at radius 2 is 1.82 bits per heavy atom. The third kappa shape index (κ3) is 3.33. The predicted molar refractivity (Wildman–Crippen MR) is 125 cm³/mol. The smallest absolute Gasteiger partial charge is 0.338 e. The van der Waals surface area contributed by atoms with Crippen molar-refractivity contribution in [3.8, 4) is 0 Å². The summed E-state index contributed by atoms with van der Waals surface area (Å²) in [6.07, 6.45) is 5.40. The summed E-state index contributed by atoms with van der Waals surface area (Å²) in [7, 11) is 0. The summed E-state index contributed by atoms with van der Waals surface area (Å²) < 4.78 is 5.27. The van der Waals surface area contributed by atoms with Gasteiger partial charge in [0, 0.05) is 11.8 Å². The minimum Gasteiger partial charge on any atom is -0.454 e. The molecule has 0 aliphatic heterocycles. The van der Waals surface area contributed by atoms with E-state index in [4.69, 9.17) is 4.74 Å². The molecule has 6 nitrogen and oxygen atoms in total. The number of esters is 1. The number of Topliss-reactive ketones (excluding diaryl/α,β-unsaturated/α-hetero) is 1. The van der Waals surface area contributed by atoms with Crippen LogP contribution in [0.2, 0.25) is 0 Å². The summed E-state index contributed by atoms with van der Waals surface area (Å²) in [5.41, 5.74) is -1.12. The van der Waals surface area contributed by atoms with Gasteiger partial charge in [0.1, 0.15) is 5.60 Å². The quantitative estimate of drug-likeness (QED) is 0.657. The van der Waals surface area contributed by atoms with Gasteiger partial charge in [-0.25, -0.2) is 4.79 Å². The molecule has 0 bridgehead atoms. The van der Waals surface area contributed by atoms with Crippen molar-refractivity contribution in [1.82, 2.24) is 0 Å². The lowest BCUT2D eigenvalue weighted by molar-refractivity contribution is -0.182. The molecule has 0 spiro atoms. The molecule has 6 heteroatoms. The monoisotopic (exact) mass is 466 g/mol. The number of carbonyl (C=O) groups excluding carboxylic acids is 3. The number of ketones is 2. The molecule has 1 aromatic carbocycles. The second-order valence-corrected chi connectivity index (χ2v) is 11.3. The van der Waals surface area contributed by atoms with Crippen molar-refractivity contribution < 1.29 is 29.3 Å². The van der Waals surface area contributed by atoms with Crippen LogP contribution in [-0.4, -0.2) is 46.1 Å². The van der Waals surface area contributed by atoms with Crippen molar-refractivity contribution in [2.75, 3.05) is 6.61 Å². The van der Waals surface area contributed by atoms with Crippen LogP contribution in [0.5, 0.6) is 0 Å². The lowest BCUT2D eigenvalue weighted by Gasteiger charge is -2.60. The zero-order valence-corrected chi connectivity index (χ0v) is 20.0. The van der Waals surface area contributed by atoms with Crippen LogP contribution in [0.15, 0.2) is 42.0 Å². The largest absolute Gasteiger partial charge is 0.454 e. The molecule has 5 rings (SSSR count). The van der Waals surface area contributed by atoms with Gasteiger partial charge in [-0.15, -0.1) is 0 Å². The molecule has 0 amide bonds. The first kappa shape index (κ1) is 23.4. The van der Waals surface area contributed by atoms with Gasteiger partial charge in [0.2, 0.25) is 5.78 Å². The Labute approximate surface area is 200 Å². The third-order valence-electron chi connectivity index (χ3n) is 9.85. The highest BCUT2D eigenvalue weighted by molar-refractivity contribution is 5.94. The molecular formula is C28H34O6. The van der Waals surface area contributed by atoms with Gasteiger partial charge in [0.25, 0.3) is 0 Å². The fourth-order valence-electron chi connectivity index (χ4n) is 8.06. The molecule has 0 radical (unpaired) electrons. The molecule has 34 heavy (non-hydrogen) atoms. The molecular weight excluding hydrogens is 432 g/mol. The molecule has 2 N–H and O–H groups in total. The highest BCUT2D eigenvalue weighted by Gasteiger charge is 2.68. The Morgan fingerprint density at radius 1 is 1.09 bits per heavy atom. The number of allylic oxidation sites excluding steroid dienone is 1. The fourth-order valence-corrected chi connectivity index (χ4v) is 8.06. The predicted octanol–water partition coefficient (Wildman–Crippen LogP) is 3.65. The molecule has 0 saturated heterocycles. The van der Waals surface area contributed by atoms with E-state index in [1.165, 1.54) is 0 Å². The van der Waals surface area contributed by atoms with Crippen molar-refractivity contribution in [3.63, 3.8) is 0 Å². The van der Waals surface area contributed by atoms with E-state index in [2.05, 4.69) is 6.92 Å². The van der Waals surface area contributed by atoms with Crippen molar-refractivity contribution in [3.05, 3.63) is 47.5 Å².